The van der Waals surface area contributed by atoms with Gasteiger partial charge in [0.1, 0.15) is 5.01 Å². The number of nitrogens with one attached hydrogen (secondary N) is 1. The molecule has 0 aliphatic heterocycles. The SMILES string of the molecule is CCc1nc(CNc2nnc(Cc3ccc(Cl)cc3)s2)cs1. The number of thiazole rings is 1. The summed E-state index contributed by atoms with van der Waals surface area (Å²) in [5.41, 5.74) is 2.23. The fourth-order valence-corrected chi connectivity index (χ4v) is 3.57. The average Bonchev–Trinajstić information content (AvgIpc) is 3.16. The molecule has 0 bridgehead atoms. The molecule has 22 heavy (non-hydrogen) atoms. The summed E-state index contributed by atoms with van der Waals surface area (Å²) in [6.07, 6.45) is 1.75. The molecule has 0 radical (unpaired) electrons. The van der Waals surface area contributed by atoms with Gasteiger partial charge in [-0.05, 0) is 24.1 Å². The molecule has 0 unspecified atom stereocenters. The van der Waals surface area contributed by atoms with Gasteiger partial charge in [0.05, 0.1) is 17.2 Å². The molecule has 114 valence electrons. The molecule has 4 nitrogen and oxygen atoms in total. The van der Waals surface area contributed by atoms with Crippen LogP contribution in [0, 0.1) is 0 Å². The van der Waals surface area contributed by atoms with Gasteiger partial charge in [0.15, 0.2) is 0 Å². The summed E-state index contributed by atoms with van der Waals surface area (Å²) < 4.78 is 0. The first-order valence-corrected chi connectivity index (χ1v) is 9.04. The van der Waals surface area contributed by atoms with Gasteiger partial charge in [0.25, 0.3) is 0 Å². The average molecular weight is 351 g/mol. The van der Waals surface area contributed by atoms with Gasteiger partial charge >= 0.3 is 0 Å². The largest absolute Gasteiger partial charge is 0.354 e. The summed E-state index contributed by atoms with van der Waals surface area (Å²) in [5.74, 6) is 0. The van der Waals surface area contributed by atoms with Crippen LogP contribution in [0.2, 0.25) is 5.02 Å². The lowest BCUT2D eigenvalue weighted by Crippen LogP contribution is -1.99. The first kappa shape index (κ1) is 15.4. The molecule has 1 N–H and O–H groups in total. The van der Waals surface area contributed by atoms with Crippen molar-refractivity contribution in [2.75, 3.05) is 5.32 Å². The van der Waals surface area contributed by atoms with E-state index in [2.05, 4.69) is 32.8 Å². The topological polar surface area (TPSA) is 50.7 Å². The van der Waals surface area contributed by atoms with Gasteiger partial charge in [0, 0.05) is 16.8 Å². The first-order valence-electron chi connectivity index (χ1n) is 6.97. The Hall–Kier alpha value is -1.50. The van der Waals surface area contributed by atoms with Crippen LogP contribution in [0.4, 0.5) is 5.13 Å². The summed E-state index contributed by atoms with van der Waals surface area (Å²) in [7, 11) is 0. The van der Waals surface area contributed by atoms with Crippen molar-refractivity contribution in [3.05, 3.63) is 55.9 Å². The maximum Gasteiger partial charge on any atom is 0.206 e. The maximum atomic E-state index is 5.89. The Morgan fingerprint density at radius 3 is 2.68 bits per heavy atom. The highest BCUT2D eigenvalue weighted by atomic mass is 35.5. The predicted octanol–water partition coefficient (Wildman–Crippen LogP) is 4.41. The van der Waals surface area contributed by atoms with Gasteiger partial charge in [-0.15, -0.1) is 21.5 Å². The Balaban J connectivity index is 1.57. The molecule has 7 heteroatoms. The van der Waals surface area contributed by atoms with E-state index < -0.39 is 0 Å². The third kappa shape index (κ3) is 4.03. The van der Waals surface area contributed by atoms with E-state index in [0.717, 1.165) is 38.7 Å². The van der Waals surface area contributed by atoms with E-state index in [4.69, 9.17) is 11.6 Å². The van der Waals surface area contributed by atoms with Gasteiger partial charge in [-0.3, -0.25) is 0 Å². The molecule has 2 aromatic heterocycles. The Morgan fingerprint density at radius 1 is 1.14 bits per heavy atom. The number of hydrogen-bond donors (Lipinski definition) is 1. The van der Waals surface area contributed by atoms with E-state index in [1.165, 1.54) is 5.56 Å². The number of anilines is 1. The van der Waals surface area contributed by atoms with Crippen molar-refractivity contribution < 1.29 is 0 Å². The Labute approximate surface area is 142 Å². The van der Waals surface area contributed by atoms with Gasteiger partial charge in [-0.25, -0.2) is 4.98 Å². The van der Waals surface area contributed by atoms with Crippen LogP contribution in [0.5, 0.6) is 0 Å². The maximum absolute atomic E-state index is 5.89. The molecule has 3 aromatic rings. The van der Waals surface area contributed by atoms with Gasteiger partial charge in [-0.2, -0.15) is 0 Å². The van der Waals surface area contributed by atoms with Gasteiger partial charge < -0.3 is 5.32 Å². The molecule has 3 rings (SSSR count). The zero-order valence-corrected chi connectivity index (χ0v) is 14.4. The zero-order chi connectivity index (χ0) is 15.4. The minimum absolute atomic E-state index is 0.687. The number of nitrogens with zero attached hydrogens (tertiary/aromatic N) is 3. The van der Waals surface area contributed by atoms with Crippen molar-refractivity contribution in [1.82, 2.24) is 15.2 Å². The van der Waals surface area contributed by atoms with Crippen LogP contribution in [-0.4, -0.2) is 15.2 Å². The quantitative estimate of drug-likeness (QED) is 0.715. The standard InChI is InChI=1S/C15H15ClN4S2/c1-2-13-18-12(9-21-13)8-17-15-20-19-14(22-15)7-10-3-5-11(16)6-4-10/h3-6,9H,2,7-8H2,1H3,(H,17,20). The van der Waals surface area contributed by atoms with Crippen molar-refractivity contribution >= 4 is 39.4 Å². The van der Waals surface area contributed by atoms with E-state index in [0.29, 0.717) is 6.54 Å². The van der Waals surface area contributed by atoms with E-state index >= 15 is 0 Å². The molecule has 0 fully saturated rings. The lowest BCUT2D eigenvalue weighted by molar-refractivity contribution is 0.974. The molecule has 0 saturated heterocycles. The van der Waals surface area contributed by atoms with Crippen molar-refractivity contribution in [2.45, 2.75) is 26.3 Å². The second-order valence-electron chi connectivity index (χ2n) is 4.74. The smallest absolute Gasteiger partial charge is 0.206 e. The second kappa shape index (κ2) is 7.17. The highest BCUT2D eigenvalue weighted by Crippen LogP contribution is 2.20. The third-order valence-corrected chi connectivity index (χ3v) is 5.23. The molecular weight excluding hydrogens is 336 g/mol. The van der Waals surface area contributed by atoms with Crippen LogP contribution in [-0.2, 0) is 19.4 Å². The summed E-state index contributed by atoms with van der Waals surface area (Å²) in [6.45, 7) is 2.80. The van der Waals surface area contributed by atoms with Crippen LogP contribution in [0.15, 0.2) is 29.6 Å². The van der Waals surface area contributed by atoms with Crippen LogP contribution in [0.25, 0.3) is 0 Å². The number of benzene rings is 1. The minimum Gasteiger partial charge on any atom is -0.354 e. The fourth-order valence-electron chi connectivity index (χ4n) is 1.93. The Kier molecular flexibility index (Phi) is 5.02. The lowest BCUT2D eigenvalue weighted by atomic mass is 10.2. The zero-order valence-electron chi connectivity index (χ0n) is 12.0. The van der Waals surface area contributed by atoms with Crippen LogP contribution >= 0.6 is 34.3 Å². The molecule has 1 aromatic carbocycles. The Bertz CT molecular complexity index is 736. The van der Waals surface area contributed by atoms with Crippen LogP contribution in [0.3, 0.4) is 0 Å². The van der Waals surface area contributed by atoms with E-state index in [-0.39, 0.29) is 0 Å². The van der Waals surface area contributed by atoms with Crippen molar-refractivity contribution in [3.8, 4) is 0 Å². The predicted molar refractivity (Wildman–Crippen MR) is 93.0 cm³/mol. The molecular formula is C15H15ClN4S2. The van der Waals surface area contributed by atoms with Gasteiger partial charge in [-0.1, -0.05) is 42.0 Å². The minimum atomic E-state index is 0.687. The van der Waals surface area contributed by atoms with E-state index in [1.54, 1.807) is 22.7 Å². The second-order valence-corrected chi connectivity index (χ2v) is 7.19. The number of halogens is 1. The molecule has 0 saturated carbocycles. The highest BCUT2D eigenvalue weighted by Gasteiger charge is 2.06. The number of aryl methyl sites for hydroxylation is 1. The monoisotopic (exact) mass is 350 g/mol. The summed E-state index contributed by atoms with van der Waals surface area (Å²) in [6, 6.07) is 7.81. The van der Waals surface area contributed by atoms with Crippen molar-refractivity contribution in [2.24, 2.45) is 0 Å². The van der Waals surface area contributed by atoms with E-state index in [1.807, 2.05) is 24.3 Å². The van der Waals surface area contributed by atoms with Gasteiger partial charge in [0.2, 0.25) is 5.13 Å². The number of rotatable bonds is 6. The molecule has 0 amide bonds. The summed E-state index contributed by atoms with van der Waals surface area (Å²) >= 11 is 9.16. The first-order chi connectivity index (χ1) is 10.7. The van der Waals surface area contributed by atoms with Crippen LogP contribution < -0.4 is 5.32 Å². The lowest BCUT2D eigenvalue weighted by Gasteiger charge is -1.98. The molecule has 0 atom stereocenters. The van der Waals surface area contributed by atoms with Crippen LogP contribution in [0.1, 0.15) is 28.2 Å². The summed E-state index contributed by atoms with van der Waals surface area (Å²) in [4.78, 5) is 4.53. The fraction of sp³-hybridized carbons (Fsp3) is 0.267. The number of hydrogen-bond acceptors (Lipinski definition) is 6. The van der Waals surface area contributed by atoms with E-state index in [9.17, 15) is 0 Å². The van der Waals surface area contributed by atoms with Crippen molar-refractivity contribution in [1.29, 1.82) is 0 Å². The molecule has 0 aliphatic rings. The van der Waals surface area contributed by atoms with Crippen molar-refractivity contribution in [3.63, 3.8) is 0 Å². The third-order valence-electron chi connectivity index (χ3n) is 3.06. The molecule has 2 heterocycles. The normalized spacial score (nSPS) is 10.8. The molecule has 0 spiro atoms. The molecule has 0 aliphatic carbocycles. The highest BCUT2D eigenvalue weighted by molar-refractivity contribution is 7.15. The summed E-state index contributed by atoms with van der Waals surface area (Å²) in [5, 5.41) is 17.5. The Morgan fingerprint density at radius 2 is 1.95 bits per heavy atom. The number of aromatic nitrogens is 3.